The second-order valence-electron chi connectivity index (χ2n) is 9.83. The quantitative estimate of drug-likeness (QED) is 0.506. The molecule has 0 saturated carbocycles. The lowest BCUT2D eigenvalue weighted by atomic mass is 10.1. The average Bonchev–Trinajstić information content (AvgIpc) is 3.23. The third-order valence-corrected chi connectivity index (χ3v) is 6.39. The van der Waals surface area contributed by atoms with Gasteiger partial charge in [0.15, 0.2) is 5.82 Å². The summed E-state index contributed by atoms with van der Waals surface area (Å²) < 4.78 is 35.3. The van der Waals surface area contributed by atoms with E-state index in [0.717, 1.165) is 0 Å². The second-order valence-corrected chi connectivity index (χ2v) is 9.83. The maximum atomic E-state index is 14.1. The summed E-state index contributed by atoms with van der Waals surface area (Å²) in [5.41, 5.74) is 0.547. The van der Waals surface area contributed by atoms with Gasteiger partial charge in [0.25, 0.3) is 6.43 Å². The molecule has 4 heterocycles. The van der Waals surface area contributed by atoms with Gasteiger partial charge in [0.05, 0.1) is 29.8 Å². The first-order chi connectivity index (χ1) is 17.2. The summed E-state index contributed by atoms with van der Waals surface area (Å²) >= 11 is 0. The minimum atomic E-state index is -2.81. The van der Waals surface area contributed by atoms with Crippen molar-refractivity contribution in [2.24, 2.45) is 0 Å². The normalized spacial score (nSPS) is 18.8. The Morgan fingerprint density at radius 3 is 2.31 bits per heavy atom. The number of ether oxygens (including phenoxy) is 1. The van der Waals surface area contributed by atoms with Crippen LogP contribution in [0.1, 0.15) is 33.0 Å². The molecule has 3 aromatic rings. The van der Waals surface area contributed by atoms with E-state index in [4.69, 9.17) is 9.72 Å². The predicted molar refractivity (Wildman–Crippen MR) is 131 cm³/mol. The number of imidazole rings is 1. The summed E-state index contributed by atoms with van der Waals surface area (Å²) in [6.07, 6.45) is -2.81. The number of para-hydroxylation sites is 2. The molecular formula is C24H30F2N8O2. The molecule has 0 amide bonds. The fraction of sp³-hybridized carbons (Fsp3) is 0.542. The van der Waals surface area contributed by atoms with Gasteiger partial charge in [-0.15, -0.1) is 0 Å². The largest absolute Gasteiger partial charge is 0.372 e. The van der Waals surface area contributed by atoms with Crippen LogP contribution in [0.4, 0.5) is 20.7 Å². The molecule has 0 atom stereocenters. The molecule has 2 aromatic heterocycles. The van der Waals surface area contributed by atoms with E-state index in [1.807, 2.05) is 23.6 Å². The maximum absolute atomic E-state index is 14.1. The standard InChI is InChI=1S/C24H30F2N8O2/c1-16(35)14-31-8-10-32(11-9-31)21-28-22(33-12-13-36-24(2,3)15-33)30-23(29-21)34-18-7-5-4-6-17(18)27-20(34)19(25)26/h4-7,19H,8-15H2,1-3H3. The lowest BCUT2D eigenvalue weighted by Crippen LogP contribution is -2.50. The first kappa shape index (κ1) is 24.4. The number of morpholine rings is 1. The number of Topliss-reactive ketones (excluding diaryl/α,β-unsaturated/α-hetero) is 1. The third-order valence-electron chi connectivity index (χ3n) is 6.39. The van der Waals surface area contributed by atoms with Crippen molar-refractivity contribution in [3.63, 3.8) is 0 Å². The lowest BCUT2D eigenvalue weighted by molar-refractivity contribution is -0.118. The predicted octanol–water partition coefficient (Wildman–Crippen LogP) is 2.47. The molecule has 0 N–H and O–H groups in total. The zero-order chi connectivity index (χ0) is 25.4. The minimum Gasteiger partial charge on any atom is -0.372 e. The Morgan fingerprint density at radius 2 is 1.64 bits per heavy atom. The highest BCUT2D eigenvalue weighted by Crippen LogP contribution is 2.29. The number of carbonyl (C=O) groups excluding carboxylic acids is 1. The van der Waals surface area contributed by atoms with Gasteiger partial charge < -0.3 is 14.5 Å². The molecule has 0 unspecified atom stereocenters. The summed E-state index contributed by atoms with van der Waals surface area (Å²) in [4.78, 5) is 35.9. The van der Waals surface area contributed by atoms with Crippen molar-refractivity contribution in [3.8, 4) is 5.95 Å². The van der Waals surface area contributed by atoms with Crippen LogP contribution in [0.2, 0.25) is 0 Å². The summed E-state index contributed by atoms with van der Waals surface area (Å²) in [5, 5.41) is 0. The van der Waals surface area contributed by atoms with Crippen LogP contribution >= 0.6 is 0 Å². The van der Waals surface area contributed by atoms with E-state index in [0.29, 0.717) is 75.4 Å². The van der Waals surface area contributed by atoms with Crippen molar-refractivity contribution in [1.29, 1.82) is 0 Å². The number of aromatic nitrogens is 5. The van der Waals surface area contributed by atoms with E-state index < -0.39 is 17.9 Å². The van der Waals surface area contributed by atoms with Gasteiger partial charge in [-0.05, 0) is 32.9 Å². The number of benzene rings is 1. The Balaban J connectivity index is 1.58. The Morgan fingerprint density at radius 1 is 0.972 bits per heavy atom. The number of ketones is 1. The van der Waals surface area contributed by atoms with Gasteiger partial charge in [0, 0.05) is 39.3 Å². The highest BCUT2D eigenvalue weighted by atomic mass is 19.3. The Bertz CT molecular complexity index is 1260. The first-order valence-electron chi connectivity index (χ1n) is 12.1. The number of hydrogen-bond acceptors (Lipinski definition) is 9. The number of anilines is 2. The molecule has 0 radical (unpaired) electrons. The van der Waals surface area contributed by atoms with E-state index in [1.54, 1.807) is 31.2 Å². The van der Waals surface area contributed by atoms with Crippen molar-refractivity contribution >= 4 is 28.7 Å². The number of rotatable bonds is 6. The molecule has 0 spiro atoms. The zero-order valence-corrected chi connectivity index (χ0v) is 20.7. The van der Waals surface area contributed by atoms with E-state index in [2.05, 4.69) is 19.9 Å². The molecule has 2 aliphatic heterocycles. The second kappa shape index (κ2) is 9.66. The summed E-state index contributed by atoms with van der Waals surface area (Å²) in [6, 6.07) is 6.96. The molecule has 12 heteroatoms. The molecule has 0 aliphatic carbocycles. The third kappa shape index (κ3) is 5.00. The van der Waals surface area contributed by atoms with Gasteiger partial charge in [-0.1, -0.05) is 12.1 Å². The molecular weight excluding hydrogens is 470 g/mol. The van der Waals surface area contributed by atoms with Gasteiger partial charge in [0.2, 0.25) is 17.8 Å². The first-order valence-corrected chi connectivity index (χ1v) is 12.1. The van der Waals surface area contributed by atoms with Crippen molar-refractivity contribution in [2.45, 2.75) is 32.8 Å². The van der Waals surface area contributed by atoms with Crippen molar-refractivity contribution < 1.29 is 18.3 Å². The number of nitrogens with zero attached hydrogens (tertiary/aromatic N) is 8. The van der Waals surface area contributed by atoms with Crippen molar-refractivity contribution in [1.82, 2.24) is 29.4 Å². The molecule has 36 heavy (non-hydrogen) atoms. The minimum absolute atomic E-state index is 0.106. The van der Waals surface area contributed by atoms with Crippen LogP contribution in [-0.2, 0) is 9.53 Å². The summed E-state index contributed by atoms with van der Waals surface area (Å²) in [7, 11) is 0. The molecule has 2 saturated heterocycles. The van der Waals surface area contributed by atoms with Gasteiger partial charge in [0.1, 0.15) is 5.78 Å². The van der Waals surface area contributed by atoms with Crippen LogP contribution in [0.25, 0.3) is 17.0 Å². The van der Waals surface area contributed by atoms with Crippen LogP contribution in [0.3, 0.4) is 0 Å². The Kier molecular flexibility index (Phi) is 6.56. The van der Waals surface area contributed by atoms with E-state index in [1.165, 1.54) is 4.57 Å². The van der Waals surface area contributed by atoms with E-state index in [9.17, 15) is 13.6 Å². The van der Waals surface area contributed by atoms with Crippen LogP contribution < -0.4 is 9.80 Å². The highest BCUT2D eigenvalue weighted by molar-refractivity contribution is 5.78. The molecule has 0 bridgehead atoms. The zero-order valence-electron chi connectivity index (χ0n) is 20.7. The number of hydrogen-bond donors (Lipinski definition) is 0. The Labute approximate surface area is 207 Å². The molecule has 1 aromatic carbocycles. The molecule has 192 valence electrons. The smallest absolute Gasteiger partial charge is 0.296 e. The Hall–Kier alpha value is -3.25. The molecule has 2 fully saturated rings. The van der Waals surface area contributed by atoms with Crippen LogP contribution in [0, 0.1) is 0 Å². The van der Waals surface area contributed by atoms with Crippen LogP contribution in [0.5, 0.6) is 0 Å². The number of halogens is 2. The van der Waals surface area contributed by atoms with Crippen LogP contribution in [0.15, 0.2) is 24.3 Å². The average molecular weight is 501 g/mol. The molecule has 2 aliphatic rings. The monoisotopic (exact) mass is 500 g/mol. The van der Waals surface area contributed by atoms with E-state index in [-0.39, 0.29) is 11.7 Å². The van der Waals surface area contributed by atoms with Gasteiger partial charge in [-0.25, -0.2) is 13.8 Å². The summed E-state index contributed by atoms with van der Waals surface area (Å²) in [5.74, 6) is 0.646. The van der Waals surface area contributed by atoms with Gasteiger partial charge in [-0.2, -0.15) is 15.0 Å². The van der Waals surface area contributed by atoms with Crippen molar-refractivity contribution in [3.05, 3.63) is 30.1 Å². The SMILES string of the molecule is CC(=O)CN1CCN(c2nc(N3CCOC(C)(C)C3)nc(-n3c(C(F)F)nc4ccccc43)n2)CC1. The topological polar surface area (TPSA) is 92.5 Å². The highest BCUT2D eigenvalue weighted by Gasteiger charge is 2.31. The summed E-state index contributed by atoms with van der Waals surface area (Å²) in [6.45, 7) is 10.2. The fourth-order valence-corrected chi connectivity index (χ4v) is 4.74. The molecule has 5 rings (SSSR count). The fourth-order valence-electron chi connectivity index (χ4n) is 4.74. The number of alkyl halides is 2. The molecule has 10 nitrogen and oxygen atoms in total. The maximum Gasteiger partial charge on any atom is 0.296 e. The van der Waals surface area contributed by atoms with Gasteiger partial charge >= 0.3 is 0 Å². The number of piperazine rings is 1. The number of carbonyl (C=O) groups is 1. The van der Waals surface area contributed by atoms with E-state index >= 15 is 0 Å². The number of fused-ring (bicyclic) bond motifs is 1. The van der Waals surface area contributed by atoms with Gasteiger partial charge in [-0.3, -0.25) is 14.3 Å². The van der Waals surface area contributed by atoms with Crippen LogP contribution in [-0.4, -0.2) is 93.2 Å². The lowest BCUT2D eigenvalue weighted by Gasteiger charge is -2.38. The van der Waals surface area contributed by atoms with Crippen molar-refractivity contribution in [2.75, 3.05) is 62.2 Å².